The first-order valence-electron chi connectivity index (χ1n) is 3.13. The number of carbonyl (C=O) groups excluding carboxylic acids is 2. The molecule has 0 bridgehead atoms. The number of carboxylic acid groups (broad SMARTS) is 1. The van der Waals surface area contributed by atoms with Gasteiger partial charge in [-0.15, -0.1) is 0 Å². The molecule has 5 heteroatoms. The number of carboxylic acids is 1. The van der Waals surface area contributed by atoms with Gasteiger partial charge >= 0.3 is 0 Å². The number of pyridine rings is 1. The third-order valence-electron chi connectivity index (χ3n) is 1.09. The Balaban J connectivity index is 2.65. The van der Waals surface area contributed by atoms with Crippen molar-refractivity contribution in [1.82, 2.24) is 4.98 Å². The Hall–Kier alpha value is -1.91. The summed E-state index contributed by atoms with van der Waals surface area (Å²) >= 11 is 0. The van der Waals surface area contributed by atoms with E-state index in [0.29, 0.717) is 0 Å². The van der Waals surface area contributed by atoms with Gasteiger partial charge in [0.25, 0.3) is 5.91 Å². The van der Waals surface area contributed by atoms with Gasteiger partial charge in [0.1, 0.15) is 11.8 Å². The fourth-order valence-electron chi connectivity index (χ4n) is 0.604. The van der Waals surface area contributed by atoms with Crippen molar-refractivity contribution in [3.63, 3.8) is 0 Å². The van der Waals surface area contributed by atoms with E-state index in [1.807, 2.05) is 5.32 Å². The van der Waals surface area contributed by atoms with Crippen LogP contribution in [0.4, 0.5) is 5.82 Å². The first-order valence-corrected chi connectivity index (χ1v) is 3.13. The van der Waals surface area contributed by atoms with Crippen LogP contribution in [-0.2, 0) is 9.59 Å². The van der Waals surface area contributed by atoms with Crippen LogP contribution in [0.3, 0.4) is 0 Å². The lowest BCUT2D eigenvalue weighted by Crippen LogP contribution is -2.36. The van der Waals surface area contributed by atoms with Crippen LogP contribution in [0.15, 0.2) is 24.4 Å². The molecule has 12 heavy (non-hydrogen) atoms. The van der Waals surface area contributed by atoms with E-state index < -0.39 is 11.9 Å². The molecule has 1 aromatic heterocycles. The van der Waals surface area contributed by atoms with Crippen LogP contribution in [0.2, 0.25) is 0 Å². The summed E-state index contributed by atoms with van der Waals surface area (Å²) in [4.78, 5) is 24.1. The first kappa shape index (κ1) is 8.19. The molecule has 5 nitrogen and oxygen atoms in total. The number of aliphatic carboxylic acids is 1. The number of nitrogens with zero attached hydrogens (tertiary/aromatic N) is 1. The zero-order chi connectivity index (χ0) is 8.97. The number of rotatable bonds is 1. The van der Waals surface area contributed by atoms with Crippen molar-refractivity contribution in [1.29, 1.82) is 0 Å². The largest absolute Gasteiger partial charge is 0.540 e. The Morgan fingerprint density at radius 3 is 2.67 bits per heavy atom. The van der Waals surface area contributed by atoms with Crippen molar-refractivity contribution < 1.29 is 14.7 Å². The monoisotopic (exact) mass is 165 g/mol. The molecule has 1 heterocycles. The third kappa shape index (κ3) is 2.05. The molecule has 0 spiro atoms. The molecular weight excluding hydrogens is 160 g/mol. The molecule has 0 aliphatic heterocycles. The molecule has 1 N–H and O–H groups in total. The van der Waals surface area contributed by atoms with Crippen LogP contribution < -0.4 is 10.4 Å². The number of nitrogens with one attached hydrogen (secondary N) is 1. The van der Waals surface area contributed by atoms with Gasteiger partial charge in [0.15, 0.2) is 0 Å². The highest BCUT2D eigenvalue weighted by Gasteiger charge is 2.01. The molecule has 0 aliphatic rings. The summed E-state index contributed by atoms with van der Waals surface area (Å²) in [7, 11) is 0. The summed E-state index contributed by atoms with van der Waals surface area (Å²) in [6.45, 7) is 0. The van der Waals surface area contributed by atoms with E-state index >= 15 is 0 Å². The minimum atomic E-state index is -1.78. The normalized spacial score (nSPS) is 9.00. The van der Waals surface area contributed by atoms with Gasteiger partial charge in [-0.2, -0.15) is 0 Å². The maximum Gasteiger partial charge on any atom is 0.272 e. The number of carbonyl (C=O) groups is 2. The average molecular weight is 165 g/mol. The van der Waals surface area contributed by atoms with E-state index in [9.17, 15) is 14.7 Å². The van der Waals surface area contributed by atoms with Gasteiger partial charge in [0, 0.05) is 6.20 Å². The molecule has 1 aromatic rings. The Bertz CT molecular complexity index is 297. The number of aromatic nitrogens is 1. The van der Waals surface area contributed by atoms with Crippen molar-refractivity contribution in [2.75, 3.05) is 5.32 Å². The lowest BCUT2D eigenvalue weighted by Gasteiger charge is -2.02. The molecule has 0 aliphatic carbocycles. The van der Waals surface area contributed by atoms with Crippen LogP contribution in [-0.4, -0.2) is 16.9 Å². The van der Waals surface area contributed by atoms with Gasteiger partial charge in [-0.05, 0) is 12.1 Å². The molecule has 1 rings (SSSR count). The number of hydrogen-bond donors (Lipinski definition) is 1. The minimum Gasteiger partial charge on any atom is -0.540 e. The number of amides is 1. The number of anilines is 1. The summed E-state index contributed by atoms with van der Waals surface area (Å²) in [6.07, 6.45) is 1.44. The smallest absolute Gasteiger partial charge is 0.272 e. The predicted octanol–water partition coefficient (Wildman–Crippen LogP) is -1.23. The summed E-state index contributed by atoms with van der Waals surface area (Å²) in [5.74, 6) is -2.79. The van der Waals surface area contributed by atoms with Crippen molar-refractivity contribution in [2.24, 2.45) is 0 Å². The molecule has 0 aromatic carbocycles. The van der Waals surface area contributed by atoms with Crippen LogP contribution in [0.5, 0.6) is 0 Å². The Morgan fingerprint density at radius 2 is 2.17 bits per heavy atom. The second kappa shape index (κ2) is 3.47. The molecule has 0 unspecified atom stereocenters. The van der Waals surface area contributed by atoms with Crippen molar-refractivity contribution in [3.8, 4) is 0 Å². The Kier molecular flexibility index (Phi) is 2.37. The van der Waals surface area contributed by atoms with Crippen molar-refractivity contribution in [2.45, 2.75) is 0 Å². The summed E-state index contributed by atoms with van der Waals surface area (Å²) in [5.41, 5.74) is 0. The highest BCUT2D eigenvalue weighted by molar-refractivity contribution is 6.35. The van der Waals surface area contributed by atoms with Crippen LogP contribution >= 0.6 is 0 Å². The lowest BCUT2D eigenvalue weighted by molar-refractivity contribution is -0.299. The number of hydrogen-bond acceptors (Lipinski definition) is 4. The lowest BCUT2D eigenvalue weighted by atomic mass is 10.4. The van der Waals surface area contributed by atoms with Gasteiger partial charge in [-0.1, -0.05) is 6.07 Å². The molecule has 0 saturated carbocycles. The highest BCUT2D eigenvalue weighted by Crippen LogP contribution is 1.98. The Morgan fingerprint density at radius 1 is 1.42 bits per heavy atom. The van der Waals surface area contributed by atoms with E-state index in [1.165, 1.54) is 12.3 Å². The minimum absolute atomic E-state index is 0.187. The predicted molar refractivity (Wildman–Crippen MR) is 37.9 cm³/mol. The second-order valence-electron chi connectivity index (χ2n) is 1.96. The molecule has 0 atom stereocenters. The van der Waals surface area contributed by atoms with E-state index in [-0.39, 0.29) is 5.82 Å². The molecule has 0 saturated heterocycles. The first-order chi connectivity index (χ1) is 5.70. The Labute approximate surface area is 68.0 Å². The van der Waals surface area contributed by atoms with Crippen molar-refractivity contribution >= 4 is 17.7 Å². The molecule has 1 amide bonds. The molecule has 0 radical (unpaired) electrons. The average Bonchev–Trinajstić information content (AvgIpc) is 2.06. The van der Waals surface area contributed by atoms with E-state index in [0.717, 1.165) is 0 Å². The van der Waals surface area contributed by atoms with Gasteiger partial charge in [-0.3, -0.25) is 4.79 Å². The van der Waals surface area contributed by atoms with Crippen LogP contribution in [0, 0.1) is 0 Å². The summed E-state index contributed by atoms with van der Waals surface area (Å²) < 4.78 is 0. The van der Waals surface area contributed by atoms with E-state index in [4.69, 9.17) is 0 Å². The maximum absolute atomic E-state index is 10.5. The zero-order valence-electron chi connectivity index (χ0n) is 5.98. The van der Waals surface area contributed by atoms with Crippen LogP contribution in [0.25, 0.3) is 0 Å². The third-order valence-corrected chi connectivity index (χ3v) is 1.09. The molecule has 62 valence electrons. The van der Waals surface area contributed by atoms with Gasteiger partial charge in [-0.25, -0.2) is 4.98 Å². The zero-order valence-corrected chi connectivity index (χ0v) is 5.98. The molecule has 0 fully saturated rings. The fraction of sp³-hybridized carbons (Fsp3) is 0. The standard InChI is InChI=1S/C7H6N2O3/c10-6(7(11)12)9-5-3-1-2-4-8-5/h1-4H,(H,11,12)(H,8,9,10)/p-1. The quantitative estimate of drug-likeness (QED) is 0.528. The SMILES string of the molecule is O=C([O-])C(=O)Nc1ccccn1. The van der Waals surface area contributed by atoms with Gasteiger partial charge < -0.3 is 15.2 Å². The van der Waals surface area contributed by atoms with E-state index in [1.54, 1.807) is 12.1 Å². The van der Waals surface area contributed by atoms with Gasteiger partial charge in [0.05, 0.1) is 0 Å². The summed E-state index contributed by atoms with van der Waals surface area (Å²) in [6, 6.07) is 4.74. The maximum atomic E-state index is 10.5. The molecular formula is C7H5N2O3-. The second-order valence-corrected chi connectivity index (χ2v) is 1.96. The highest BCUT2D eigenvalue weighted by atomic mass is 16.4. The van der Waals surface area contributed by atoms with E-state index in [2.05, 4.69) is 4.98 Å². The van der Waals surface area contributed by atoms with Crippen LogP contribution in [0.1, 0.15) is 0 Å². The topological polar surface area (TPSA) is 82.1 Å². The van der Waals surface area contributed by atoms with Gasteiger partial charge in [0.2, 0.25) is 0 Å². The summed E-state index contributed by atoms with van der Waals surface area (Å²) in [5, 5.41) is 12.0. The fourth-order valence-corrected chi connectivity index (χ4v) is 0.604. The van der Waals surface area contributed by atoms with Crippen molar-refractivity contribution in [3.05, 3.63) is 24.4 Å².